The van der Waals surface area contributed by atoms with Crippen LogP contribution in [0.1, 0.15) is 12.5 Å². The van der Waals surface area contributed by atoms with Gasteiger partial charge >= 0.3 is 0 Å². The van der Waals surface area contributed by atoms with E-state index in [0.29, 0.717) is 18.0 Å². The number of nitro benzene ring substituents is 1. The summed E-state index contributed by atoms with van der Waals surface area (Å²) in [6, 6.07) is 12.2. The molecule has 0 saturated carbocycles. The fraction of sp³-hybridized carbons (Fsp3) is 0.294. The summed E-state index contributed by atoms with van der Waals surface area (Å²) in [7, 11) is 1.60. The zero-order valence-electron chi connectivity index (χ0n) is 13.4. The van der Waals surface area contributed by atoms with E-state index < -0.39 is 4.92 Å². The Bertz CT molecular complexity index is 688. The van der Waals surface area contributed by atoms with Crippen molar-refractivity contribution < 1.29 is 14.4 Å². The lowest BCUT2D eigenvalue weighted by Gasteiger charge is -2.18. The number of hydrogen-bond donors (Lipinski definition) is 1. The van der Waals surface area contributed by atoms with Gasteiger partial charge in [-0.15, -0.1) is 0 Å². The van der Waals surface area contributed by atoms with Gasteiger partial charge in [-0.2, -0.15) is 0 Å². The van der Waals surface area contributed by atoms with Gasteiger partial charge in [0.1, 0.15) is 6.10 Å². The summed E-state index contributed by atoms with van der Waals surface area (Å²) in [4.78, 5) is 10.3. The van der Waals surface area contributed by atoms with Crippen molar-refractivity contribution in [3.63, 3.8) is 0 Å². The van der Waals surface area contributed by atoms with Crippen LogP contribution in [0.2, 0.25) is 0 Å². The van der Waals surface area contributed by atoms with Crippen LogP contribution >= 0.6 is 0 Å². The van der Waals surface area contributed by atoms with Gasteiger partial charge in [-0.25, -0.2) is 0 Å². The van der Waals surface area contributed by atoms with Crippen molar-refractivity contribution in [2.24, 2.45) is 0 Å². The second-order valence-corrected chi connectivity index (χ2v) is 5.22. The fourth-order valence-corrected chi connectivity index (χ4v) is 2.19. The molecule has 0 aromatic heterocycles. The lowest BCUT2D eigenvalue weighted by atomic mass is 10.1. The van der Waals surface area contributed by atoms with Gasteiger partial charge in [0.2, 0.25) is 0 Å². The van der Waals surface area contributed by atoms with E-state index in [1.165, 1.54) is 6.07 Å². The Hall–Kier alpha value is -2.76. The third-order valence-corrected chi connectivity index (χ3v) is 3.40. The van der Waals surface area contributed by atoms with Crippen molar-refractivity contribution >= 4 is 11.4 Å². The summed E-state index contributed by atoms with van der Waals surface area (Å²) in [5.74, 6) is 1.37. The standard InChI is InChI=1S/C17H20N2O4/c1-12-10-14(19(20)21)8-9-15(12)18-11-13(2)23-17-7-5-4-6-16(17)22-3/h4-10,13,18H,11H2,1-3H3. The van der Waals surface area contributed by atoms with Crippen molar-refractivity contribution in [1.82, 2.24) is 0 Å². The van der Waals surface area contributed by atoms with Crippen molar-refractivity contribution in [2.45, 2.75) is 20.0 Å². The van der Waals surface area contributed by atoms with Gasteiger partial charge in [0, 0.05) is 17.8 Å². The molecular formula is C17H20N2O4. The first-order valence-corrected chi connectivity index (χ1v) is 7.30. The van der Waals surface area contributed by atoms with Crippen molar-refractivity contribution in [3.05, 3.63) is 58.1 Å². The smallest absolute Gasteiger partial charge is 0.269 e. The average Bonchev–Trinajstić information content (AvgIpc) is 2.54. The molecule has 1 atom stereocenters. The van der Waals surface area contributed by atoms with Gasteiger partial charge in [-0.05, 0) is 37.6 Å². The van der Waals surface area contributed by atoms with Crippen molar-refractivity contribution in [2.75, 3.05) is 19.0 Å². The highest BCUT2D eigenvalue weighted by molar-refractivity contribution is 5.55. The molecule has 2 rings (SSSR count). The maximum atomic E-state index is 10.7. The highest BCUT2D eigenvalue weighted by Crippen LogP contribution is 2.27. The molecule has 0 fully saturated rings. The van der Waals surface area contributed by atoms with E-state index in [4.69, 9.17) is 9.47 Å². The number of anilines is 1. The number of para-hydroxylation sites is 2. The minimum Gasteiger partial charge on any atom is -0.493 e. The first-order valence-electron chi connectivity index (χ1n) is 7.30. The van der Waals surface area contributed by atoms with Gasteiger partial charge in [0.25, 0.3) is 5.69 Å². The first-order chi connectivity index (χ1) is 11.0. The summed E-state index contributed by atoms with van der Waals surface area (Å²) >= 11 is 0. The number of ether oxygens (including phenoxy) is 2. The predicted octanol–water partition coefficient (Wildman–Crippen LogP) is 3.79. The highest BCUT2D eigenvalue weighted by Gasteiger charge is 2.11. The van der Waals surface area contributed by atoms with Gasteiger partial charge in [0.15, 0.2) is 11.5 Å². The SMILES string of the molecule is COc1ccccc1OC(C)CNc1ccc([N+](=O)[O-])cc1C. The van der Waals surface area contributed by atoms with E-state index in [9.17, 15) is 10.1 Å². The van der Waals surface area contributed by atoms with Crippen LogP contribution in [0, 0.1) is 17.0 Å². The molecule has 1 unspecified atom stereocenters. The second-order valence-electron chi connectivity index (χ2n) is 5.22. The van der Waals surface area contributed by atoms with Gasteiger partial charge in [0.05, 0.1) is 18.6 Å². The van der Waals surface area contributed by atoms with Crippen LogP contribution in [-0.2, 0) is 0 Å². The molecule has 0 spiro atoms. The van der Waals surface area contributed by atoms with Gasteiger partial charge in [-0.3, -0.25) is 10.1 Å². The fourth-order valence-electron chi connectivity index (χ4n) is 2.19. The van der Waals surface area contributed by atoms with E-state index in [2.05, 4.69) is 5.32 Å². The van der Waals surface area contributed by atoms with Crippen LogP contribution < -0.4 is 14.8 Å². The molecule has 0 aliphatic heterocycles. The zero-order valence-corrected chi connectivity index (χ0v) is 13.4. The number of nitro groups is 1. The molecule has 0 aliphatic rings. The van der Waals surface area contributed by atoms with Crippen LogP contribution in [0.25, 0.3) is 0 Å². The number of nitrogens with one attached hydrogen (secondary N) is 1. The van der Waals surface area contributed by atoms with Crippen LogP contribution in [0.5, 0.6) is 11.5 Å². The third-order valence-electron chi connectivity index (χ3n) is 3.40. The normalized spacial score (nSPS) is 11.6. The minimum atomic E-state index is -0.399. The molecule has 2 aromatic rings. The zero-order chi connectivity index (χ0) is 16.8. The number of benzene rings is 2. The molecule has 0 heterocycles. The van der Waals surface area contributed by atoms with E-state index in [0.717, 1.165) is 11.3 Å². The predicted molar refractivity (Wildman–Crippen MR) is 89.4 cm³/mol. The number of nitrogens with zero attached hydrogens (tertiary/aromatic N) is 1. The number of non-ortho nitro benzene ring substituents is 1. The molecule has 6 heteroatoms. The highest BCUT2D eigenvalue weighted by atomic mass is 16.6. The molecule has 0 amide bonds. The Balaban J connectivity index is 1.96. The molecule has 0 aliphatic carbocycles. The molecule has 6 nitrogen and oxygen atoms in total. The minimum absolute atomic E-state index is 0.0892. The molecular weight excluding hydrogens is 296 g/mol. The number of rotatable bonds is 7. The quantitative estimate of drug-likeness (QED) is 0.621. The van der Waals surface area contributed by atoms with Crippen molar-refractivity contribution in [1.29, 1.82) is 0 Å². The molecule has 0 saturated heterocycles. The van der Waals surface area contributed by atoms with E-state index in [1.807, 2.05) is 38.1 Å². The van der Waals surface area contributed by atoms with Crippen LogP contribution in [0.15, 0.2) is 42.5 Å². The maximum absolute atomic E-state index is 10.7. The lowest BCUT2D eigenvalue weighted by molar-refractivity contribution is -0.384. The first kappa shape index (κ1) is 16.6. The second kappa shape index (κ2) is 7.49. The Morgan fingerprint density at radius 2 is 1.91 bits per heavy atom. The largest absolute Gasteiger partial charge is 0.493 e. The summed E-state index contributed by atoms with van der Waals surface area (Å²) in [6.07, 6.45) is -0.0964. The third kappa shape index (κ3) is 4.35. The molecule has 0 radical (unpaired) electrons. The monoisotopic (exact) mass is 316 g/mol. The molecule has 23 heavy (non-hydrogen) atoms. The summed E-state index contributed by atoms with van der Waals surface area (Å²) in [5, 5.41) is 14.0. The number of hydrogen-bond acceptors (Lipinski definition) is 5. The summed E-state index contributed by atoms with van der Waals surface area (Å²) in [6.45, 7) is 4.35. The van der Waals surface area contributed by atoms with Gasteiger partial charge in [-0.1, -0.05) is 12.1 Å². The van der Waals surface area contributed by atoms with E-state index in [-0.39, 0.29) is 11.8 Å². The molecule has 122 valence electrons. The Labute approximate surface area is 135 Å². The molecule has 0 bridgehead atoms. The summed E-state index contributed by atoms with van der Waals surface area (Å²) < 4.78 is 11.1. The average molecular weight is 316 g/mol. The van der Waals surface area contributed by atoms with Crippen LogP contribution in [0.3, 0.4) is 0 Å². The van der Waals surface area contributed by atoms with Crippen molar-refractivity contribution in [3.8, 4) is 11.5 Å². The number of aryl methyl sites for hydroxylation is 1. The van der Waals surface area contributed by atoms with E-state index >= 15 is 0 Å². The Morgan fingerprint density at radius 3 is 2.52 bits per heavy atom. The maximum Gasteiger partial charge on any atom is 0.269 e. The topological polar surface area (TPSA) is 73.6 Å². The Morgan fingerprint density at radius 1 is 1.22 bits per heavy atom. The van der Waals surface area contributed by atoms with Gasteiger partial charge < -0.3 is 14.8 Å². The molecule has 2 aromatic carbocycles. The lowest BCUT2D eigenvalue weighted by Crippen LogP contribution is -2.23. The molecule has 1 N–H and O–H groups in total. The van der Waals surface area contributed by atoms with Crippen LogP contribution in [0.4, 0.5) is 11.4 Å². The van der Waals surface area contributed by atoms with Crippen LogP contribution in [-0.4, -0.2) is 24.7 Å². The van der Waals surface area contributed by atoms with E-state index in [1.54, 1.807) is 19.2 Å². The number of methoxy groups -OCH3 is 1. The Kier molecular flexibility index (Phi) is 5.41. The summed E-state index contributed by atoms with van der Waals surface area (Å²) in [5.41, 5.74) is 1.76.